The van der Waals surface area contributed by atoms with E-state index in [0.717, 1.165) is 26.2 Å². The first kappa shape index (κ1) is 16.9. The van der Waals surface area contributed by atoms with E-state index in [1.807, 2.05) is 0 Å². The van der Waals surface area contributed by atoms with Crippen molar-refractivity contribution in [2.24, 2.45) is 5.73 Å². The topological polar surface area (TPSA) is 35.7 Å². The van der Waals surface area contributed by atoms with E-state index < -0.39 is 0 Å². The second kappa shape index (κ2) is 7.02. The highest BCUT2D eigenvalue weighted by Crippen LogP contribution is 2.32. The summed E-state index contributed by atoms with van der Waals surface area (Å²) < 4.78 is 0. The first-order valence-electron chi connectivity index (χ1n) is 7.68. The molecule has 0 aromatic heterocycles. The van der Waals surface area contributed by atoms with Crippen molar-refractivity contribution in [3.8, 4) is 0 Å². The number of hydrogen-bond donors (Lipinski definition) is 1. The van der Waals surface area contributed by atoms with E-state index in [-0.39, 0.29) is 5.54 Å². The largest absolute Gasteiger partial charge is 0.329 e. The molecular formula is C15H34N4. The van der Waals surface area contributed by atoms with Gasteiger partial charge in [-0.25, -0.2) is 0 Å². The van der Waals surface area contributed by atoms with Crippen LogP contribution in [-0.4, -0.2) is 79.6 Å². The Morgan fingerprint density at radius 2 is 2.05 bits per heavy atom. The molecule has 1 rings (SSSR count). The van der Waals surface area contributed by atoms with E-state index in [1.165, 1.54) is 12.8 Å². The van der Waals surface area contributed by atoms with E-state index in [0.29, 0.717) is 12.1 Å². The summed E-state index contributed by atoms with van der Waals surface area (Å²) in [6.07, 6.45) is 2.38. The highest BCUT2D eigenvalue weighted by atomic mass is 15.3. The second-order valence-electron chi connectivity index (χ2n) is 6.61. The number of hydrogen-bond acceptors (Lipinski definition) is 4. The van der Waals surface area contributed by atoms with Crippen LogP contribution in [0.4, 0.5) is 0 Å². The van der Waals surface area contributed by atoms with E-state index in [9.17, 15) is 0 Å². The minimum Gasteiger partial charge on any atom is -0.329 e. The van der Waals surface area contributed by atoms with Crippen molar-refractivity contribution in [1.29, 1.82) is 0 Å². The lowest BCUT2D eigenvalue weighted by Gasteiger charge is -2.52. The van der Waals surface area contributed by atoms with E-state index >= 15 is 0 Å². The third-order valence-electron chi connectivity index (χ3n) is 4.85. The van der Waals surface area contributed by atoms with E-state index in [1.54, 1.807) is 0 Å². The zero-order valence-corrected chi connectivity index (χ0v) is 13.8. The maximum atomic E-state index is 6.22. The predicted molar refractivity (Wildman–Crippen MR) is 83.5 cm³/mol. The van der Waals surface area contributed by atoms with Crippen molar-refractivity contribution in [2.45, 2.75) is 51.2 Å². The van der Waals surface area contributed by atoms with Gasteiger partial charge in [0.15, 0.2) is 0 Å². The lowest BCUT2D eigenvalue weighted by molar-refractivity contribution is -0.0144. The third kappa shape index (κ3) is 3.91. The Bertz CT molecular complexity index is 269. The lowest BCUT2D eigenvalue weighted by Crippen LogP contribution is -2.64. The van der Waals surface area contributed by atoms with Gasteiger partial charge >= 0.3 is 0 Å². The SMILES string of the molecule is CCN(C(C)CN(C)C)C1(CN)CCN(C)C(C)C1. The van der Waals surface area contributed by atoms with Crippen LogP contribution in [-0.2, 0) is 0 Å². The normalized spacial score (nSPS) is 31.1. The standard InChI is InChI=1S/C15H34N4/c1-7-19(14(3)11-17(4)5)15(12-16)8-9-18(6)13(2)10-15/h13-14H,7-12,16H2,1-6H3. The summed E-state index contributed by atoms with van der Waals surface area (Å²) in [5.41, 5.74) is 6.41. The highest BCUT2D eigenvalue weighted by Gasteiger charge is 2.41. The molecule has 1 aliphatic heterocycles. The summed E-state index contributed by atoms with van der Waals surface area (Å²) in [5, 5.41) is 0. The molecule has 4 nitrogen and oxygen atoms in total. The van der Waals surface area contributed by atoms with Crippen molar-refractivity contribution >= 4 is 0 Å². The highest BCUT2D eigenvalue weighted by molar-refractivity contribution is 5.00. The number of piperidine rings is 1. The Labute approximate surface area is 119 Å². The van der Waals surface area contributed by atoms with Gasteiger partial charge in [0.25, 0.3) is 0 Å². The molecular weight excluding hydrogens is 236 g/mol. The van der Waals surface area contributed by atoms with Crippen LogP contribution in [0.1, 0.15) is 33.6 Å². The maximum Gasteiger partial charge on any atom is 0.0361 e. The van der Waals surface area contributed by atoms with Crippen molar-refractivity contribution in [3.05, 3.63) is 0 Å². The van der Waals surface area contributed by atoms with Crippen LogP contribution >= 0.6 is 0 Å². The van der Waals surface area contributed by atoms with Crippen LogP contribution in [0.25, 0.3) is 0 Å². The summed E-state index contributed by atoms with van der Waals surface area (Å²) in [6.45, 7) is 11.0. The molecule has 1 aliphatic rings. The molecule has 0 spiro atoms. The number of likely N-dealkylation sites (tertiary alicyclic amines) is 1. The number of likely N-dealkylation sites (N-methyl/N-ethyl adjacent to an activating group) is 2. The molecule has 0 radical (unpaired) electrons. The van der Waals surface area contributed by atoms with E-state index in [4.69, 9.17) is 5.73 Å². The average molecular weight is 270 g/mol. The summed E-state index contributed by atoms with van der Waals surface area (Å²) >= 11 is 0. The van der Waals surface area contributed by atoms with Crippen molar-refractivity contribution in [3.63, 3.8) is 0 Å². The van der Waals surface area contributed by atoms with Gasteiger partial charge in [-0.05, 0) is 60.9 Å². The molecule has 1 saturated heterocycles. The molecule has 0 aromatic carbocycles. The smallest absolute Gasteiger partial charge is 0.0361 e. The first-order chi connectivity index (χ1) is 8.86. The van der Waals surface area contributed by atoms with Crippen LogP contribution in [0, 0.1) is 0 Å². The van der Waals surface area contributed by atoms with Gasteiger partial charge < -0.3 is 15.5 Å². The van der Waals surface area contributed by atoms with Crippen LogP contribution in [0.2, 0.25) is 0 Å². The van der Waals surface area contributed by atoms with Gasteiger partial charge in [-0.1, -0.05) is 6.92 Å². The number of rotatable bonds is 6. The number of nitrogens with two attached hydrogens (primary N) is 1. The molecule has 1 fully saturated rings. The van der Waals surface area contributed by atoms with Crippen LogP contribution < -0.4 is 5.73 Å². The van der Waals surface area contributed by atoms with Crippen LogP contribution in [0.15, 0.2) is 0 Å². The number of nitrogens with zero attached hydrogens (tertiary/aromatic N) is 3. The van der Waals surface area contributed by atoms with E-state index in [2.05, 4.69) is 56.6 Å². The van der Waals surface area contributed by atoms with Gasteiger partial charge in [0.1, 0.15) is 0 Å². The monoisotopic (exact) mass is 270 g/mol. The summed E-state index contributed by atoms with van der Waals surface area (Å²) in [5.74, 6) is 0. The predicted octanol–water partition coefficient (Wildman–Crippen LogP) is 1.07. The van der Waals surface area contributed by atoms with Crippen molar-refractivity contribution < 1.29 is 0 Å². The summed E-state index contributed by atoms with van der Waals surface area (Å²) in [7, 11) is 6.53. The molecule has 0 saturated carbocycles. The molecule has 3 unspecified atom stereocenters. The third-order valence-corrected chi connectivity index (χ3v) is 4.85. The van der Waals surface area contributed by atoms with Gasteiger partial charge in [0.05, 0.1) is 0 Å². The fourth-order valence-corrected chi connectivity index (χ4v) is 3.72. The quantitative estimate of drug-likeness (QED) is 0.783. The Morgan fingerprint density at radius 1 is 1.42 bits per heavy atom. The minimum absolute atomic E-state index is 0.191. The van der Waals surface area contributed by atoms with Crippen molar-refractivity contribution in [1.82, 2.24) is 14.7 Å². The van der Waals surface area contributed by atoms with Crippen LogP contribution in [0.5, 0.6) is 0 Å². The van der Waals surface area contributed by atoms with Gasteiger partial charge in [-0.3, -0.25) is 4.90 Å². The fourth-order valence-electron chi connectivity index (χ4n) is 3.72. The molecule has 114 valence electrons. The first-order valence-corrected chi connectivity index (χ1v) is 7.68. The maximum absolute atomic E-state index is 6.22. The Kier molecular flexibility index (Phi) is 6.24. The Balaban J connectivity index is 2.85. The molecule has 3 atom stereocenters. The Hall–Kier alpha value is -0.160. The molecule has 0 bridgehead atoms. The molecule has 4 heteroatoms. The van der Waals surface area contributed by atoms with Crippen LogP contribution in [0.3, 0.4) is 0 Å². The molecule has 1 heterocycles. The summed E-state index contributed by atoms with van der Waals surface area (Å²) in [6, 6.07) is 1.18. The zero-order chi connectivity index (χ0) is 14.6. The molecule has 0 amide bonds. The molecule has 2 N–H and O–H groups in total. The van der Waals surface area contributed by atoms with Gasteiger partial charge in [-0.15, -0.1) is 0 Å². The lowest BCUT2D eigenvalue weighted by atomic mass is 9.81. The average Bonchev–Trinajstić information content (AvgIpc) is 2.33. The Morgan fingerprint density at radius 3 is 2.47 bits per heavy atom. The summed E-state index contributed by atoms with van der Waals surface area (Å²) in [4.78, 5) is 7.38. The van der Waals surface area contributed by atoms with Gasteiger partial charge in [0.2, 0.25) is 0 Å². The zero-order valence-electron chi connectivity index (χ0n) is 13.8. The second-order valence-corrected chi connectivity index (χ2v) is 6.61. The molecule has 19 heavy (non-hydrogen) atoms. The van der Waals surface area contributed by atoms with Gasteiger partial charge in [-0.2, -0.15) is 0 Å². The molecule has 0 aliphatic carbocycles. The van der Waals surface area contributed by atoms with Gasteiger partial charge in [0, 0.05) is 30.7 Å². The van der Waals surface area contributed by atoms with Crippen molar-refractivity contribution in [2.75, 3.05) is 47.3 Å². The minimum atomic E-state index is 0.191. The molecule has 0 aromatic rings. The fraction of sp³-hybridized carbons (Fsp3) is 1.00.